The lowest BCUT2D eigenvalue weighted by Gasteiger charge is -2.40. The molecule has 1 rings (SSSR count). The SMILES string of the molecule is CC(=O)NC1[C@H](O)OC(COC(C)=O)[C@@H](O)[C@@H]1O. The van der Waals surface area contributed by atoms with Gasteiger partial charge in [0, 0.05) is 13.8 Å². The van der Waals surface area contributed by atoms with Crippen molar-refractivity contribution in [3.63, 3.8) is 0 Å². The number of hydrogen-bond donors (Lipinski definition) is 4. The van der Waals surface area contributed by atoms with Crippen LogP contribution in [-0.4, -0.2) is 64.4 Å². The normalized spacial score (nSPS) is 35.9. The number of aliphatic hydroxyl groups excluding tert-OH is 3. The zero-order chi connectivity index (χ0) is 13.9. The molecule has 0 bridgehead atoms. The summed E-state index contributed by atoms with van der Waals surface area (Å²) in [6.45, 7) is 2.09. The Labute approximate surface area is 104 Å². The molecule has 8 nitrogen and oxygen atoms in total. The lowest BCUT2D eigenvalue weighted by atomic mass is 9.97. The number of esters is 1. The van der Waals surface area contributed by atoms with Gasteiger partial charge >= 0.3 is 5.97 Å². The van der Waals surface area contributed by atoms with Crippen LogP contribution in [0.2, 0.25) is 0 Å². The third kappa shape index (κ3) is 3.64. The topological polar surface area (TPSA) is 125 Å². The number of nitrogens with one attached hydrogen (secondary N) is 1. The summed E-state index contributed by atoms with van der Waals surface area (Å²) < 4.78 is 9.62. The minimum Gasteiger partial charge on any atom is -0.463 e. The Morgan fingerprint density at radius 3 is 2.33 bits per heavy atom. The van der Waals surface area contributed by atoms with E-state index in [9.17, 15) is 24.9 Å². The monoisotopic (exact) mass is 263 g/mol. The summed E-state index contributed by atoms with van der Waals surface area (Å²) in [7, 11) is 0. The van der Waals surface area contributed by atoms with Crippen molar-refractivity contribution < 1.29 is 34.4 Å². The Hall–Kier alpha value is -1.22. The molecule has 1 fully saturated rings. The van der Waals surface area contributed by atoms with Gasteiger partial charge in [0.2, 0.25) is 5.91 Å². The first-order valence-corrected chi connectivity index (χ1v) is 5.43. The molecule has 1 heterocycles. The molecule has 1 amide bonds. The van der Waals surface area contributed by atoms with Crippen molar-refractivity contribution >= 4 is 11.9 Å². The second kappa shape index (κ2) is 6.10. The van der Waals surface area contributed by atoms with Gasteiger partial charge < -0.3 is 30.1 Å². The van der Waals surface area contributed by atoms with Crippen molar-refractivity contribution in [2.45, 2.75) is 44.5 Å². The predicted octanol–water partition coefficient (Wildman–Crippen LogP) is -2.51. The maximum atomic E-state index is 10.9. The smallest absolute Gasteiger partial charge is 0.302 e. The van der Waals surface area contributed by atoms with E-state index in [1.165, 1.54) is 13.8 Å². The summed E-state index contributed by atoms with van der Waals surface area (Å²) in [5, 5.41) is 31.3. The van der Waals surface area contributed by atoms with Crippen molar-refractivity contribution in [2.75, 3.05) is 6.61 Å². The molecule has 18 heavy (non-hydrogen) atoms. The number of ether oxygens (including phenoxy) is 2. The predicted molar refractivity (Wildman–Crippen MR) is 57.1 cm³/mol. The number of amides is 1. The van der Waals surface area contributed by atoms with Gasteiger partial charge in [-0.15, -0.1) is 0 Å². The Morgan fingerprint density at radius 2 is 1.83 bits per heavy atom. The first-order valence-electron chi connectivity index (χ1n) is 5.43. The van der Waals surface area contributed by atoms with Gasteiger partial charge in [-0.2, -0.15) is 0 Å². The van der Waals surface area contributed by atoms with E-state index in [0.29, 0.717) is 0 Å². The second-order valence-electron chi connectivity index (χ2n) is 4.08. The fourth-order valence-corrected chi connectivity index (χ4v) is 1.67. The first-order chi connectivity index (χ1) is 8.32. The van der Waals surface area contributed by atoms with Crippen LogP contribution in [-0.2, 0) is 19.1 Å². The molecular weight excluding hydrogens is 246 g/mol. The standard InChI is InChI=1S/C10H17NO7/c1-4(12)11-7-9(15)8(14)6(18-10(7)16)3-17-5(2)13/h6-10,14-16H,3H2,1-2H3,(H,11,12)/t6?,7?,8-,9-,10-/m1/s1. The summed E-state index contributed by atoms with van der Waals surface area (Å²) in [5.74, 6) is -1.05. The van der Waals surface area contributed by atoms with Crippen LogP contribution in [0.1, 0.15) is 13.8 Å². The number of carbonyl (C=O) groups is 2. The molecule has 104 valence electrons. The van der Waals surface area contributed by atoms with Crippen LogP contribution < -0.4 is 5.32 Å². The molecule has 0 radical (unpaired) electrons. The maximum absolute atomic E-state index is 10.9. The molecule has 1 aliphatic rings. The summed E-state index contributed by atoms with van der Waals surface area (Å²) in [6, 6.07) is -1.13. The number of aliphatic hydroxyl groups is 3. The zero-order valence-electron chi connectivity index (χ0n) is 10.1. The fourth-order valence-electron chi connectivity index (χ4n) is 1.67. The molecule has 2 unspecified atom stereocenters. The number of carbonyl (C=O) groups excluding carboxylic acids is 2. The van der Waals surface area contributed by atoms with Gasteiger partial charge in [0.05, 0.1) is 0 Å². The molecular formula is C10H17NO7. The molecule has 5 atom stereocenters. The first kappa shape index (κ1) is 14.8. The molecule has 8 heteroatoms. The van der Waals surface area contributed by atoms with Gasteiger partial charge in [-0.25, -0.2) is 0 Å². The Balaban J connectivity index is 2.64. The maximum Gasteiger partial charge on any atom is 0.302 e. The largest absolute Gasteiger partial charge is 0.463 e. The molecule has 0 spiro atoms. The highest BCUT2D eigenvalue weighted by Crippen LogP contribution is 2.20. The van der Waals surface area contributed by atoms with E-state index in [4.69, 9.17) is 4.74 Å². The van der Waals surface area contributed by atoms with Gasteiger partial charge in [0.15, 0.2) is 6.29 Å². The van der Waals surface area contributed by atoms with Crippen molar-refractivity contribution in [3.05, 3.63) is 0 Å². The number of hydrogen-bond acceptors (Lipinski definition) is 7. The fraction of sp³-hybridized carbons (Fsp3) is 0.800. The lowest BCUT2D eigenvalue weighted by molar-refractivity contribution is -0.255. The summed E-state index contributed by atoms with van der Waals surface area (Å²) in [5.41, 5.74) is 0. The minimum absolute atomic E-state index is 0.294. The van der Waals surface area contributed by atoms with E-state index in [-0.39, 0.29) is 6.61 Å². The Morgan fingerprint density at radius 1 is 1.22 bits per heavy atom. The average molecular weight is 263 g/mol. The minimum atomic E-state index is -1.49. The van der Waals surface area contributed by atoms with Gasteiger partial charge in [0.25, 0.3) is 0 Å². The van der Waals surface area contributed by atoms with Gasteiger partial charge in [-0.1, -0.05) is 0 Å². The van der Waals surface area contributed by atoms with Crippen molar-refractivity contribution in [3.8, 4) is 0 Å². The van der Waals surface area contributed by atoms with E-state index in [0.717, 1.165) is 0 Å². The van der Waals surface area contributed by atoms with E-state index < -0.39 is 42.5 Å². The zero-order valence-corrected chi connectivity index (χ0v) is 10.1. The van der Waals surface area contributed by atoms with Crippen LogP contribution in [0.3, 0.4) is 0 Å². The van der Waals surface area contributed by atoms with E-state index in [1.54, 1.807) is 0 Å². The molecule has 0 aromatic heterocycles. The third-order valence-corrected chi connectivity index (χ3v) is 2.54. The van der Waals surface area contributed by atoms with Crippen LogP contribution in [0.25, 0.3) is 0 Å². The Kier molecular flexibility index (Phi) is 5.03. The van der Waals surface area contributed by atoms with Crippen molar-refractivity contribution in [1.82, 2.24) is 5.32 Å². The lowest BCUT2D eigenvalue weighted by Crippen LogP contribution is -2.64. The quantitative estimate of drug-likeness (QED) is 0.414. The Bertz CT molecular complexity index is 319. The molecule has 0 aromatic rings. The summed E-state index contributed by atoms with van der Waals surface area (Å²) >= 11 is 0. The molecule has 1 aliphatic heterocycles. The van der Waals surface area contributed by atoms with Crippen LogP contribution in [0, 0.1) is 0 Å². The van der Waals surface area contributed by atoms with Crippen LogP contribution in [0.15, 0.2) is 0 Å². The van der Waals surface area contributed by atoms with Gasteiger partial charge in [0.1, 0.15) is 31.0 Å². The van der Waals surface area contributed by atoms with Gasteiger partial charge in [-0.05, 0) is 0 Å². The molecule has 0 aliphatic carbocycles. The molecule has 4 N–H and O–H groups in total. The summed E-state index contributed by atoms with van der Waals surface area (Å²) in [6.07, 6.45) is -5.35. The van der Waals surface area contributed by atoms with Crippen LogP contribution >= 0.6 is 0 Å². The molecule has 0 aromatic carbocycles. The van der Waals surface area contributed by atoms with Crippen LogP contribution in [0.4, 0.5) is 0 Å². The highest BCUT2D eigenvalue weighted by molar-refractivity contribution is 5.73. The average Bonchev–Trinajstić information content (AvgIpc) is 2.27. The van der Waals surface area contributed by atoms with Crippen molar-refractivity contribution in [2.24, 2.45) is 0 Å². The highest BCUT2D eigenvalue weighted by Gasteiger charge is 2.44. The van der Waals surface area contributed by atoms with E-state index in [1.807, 2.05) is 0 Å². The molecule has 0 saturated carbocycles. The number of rotatable bonds is 3. The van der Waals surface area contributed by atoms with E-state index >= 15 is 0 Å². The van der Waals surface area contributed by atoms with Crippen molar-refractivity contribution in [1.29, 1.82) is 0 Å². The third-order valence-electron chi connectivity index (χ3n) is 2.54. The summed E-state index contributed by atoms with van der Waals surface area (Å²) in [4.78, 5) is 21.5. The highest BCUT2D eigenvalue weighted by atomic mass is 16.6. The van der Waals surface area contributed by atoms with Crippen LogP contribution in [0.5, 0.6) is 0 Å². The second-order valence-corrected chi connectivity index (χ2v) is 4.08. The van der Waals surface area contributed by atoms with Gasteiger partial charge in [-0.3, -0.25) is 9.59 Å². The van der Waals surface area contributed by atoms with E-state index in [2.05, 4.69) is 10.1 Å². The molecule has 1 saturated heterocycles.